The van der Waals surface area contributed by atoms with E-state index >= 15 is 0 Å². The van der Waals surface area contributed by atoms with Crippen molar-refractivity contribution in [1.82, 2.24) is 19.1 Å². The van der Waals surface area contributed by atoms with Crippen molar-refractivity contribution in [2.75, 3.05) is 13.1 Å². The van der Waals surface area contributed by atoms with Crippen LogP contribution in [-0.4, -0.2) is 43.9 Å². The number of hydrogen-bond donors (Lipinski definition) is 2. The fourth-order valence-corrected chi connectivity index (χ4v) is 4.18. The lowest BCUT2D eigenvalue weighted by Gasteiger charge is -2.05. The lowest BCUT2D eigenvalue weighted by atomic mass is 10.1. The van der Waals surface area contributed by atoms with Gasteiger partial charge in [0, 0.05) is 73.2 Å². The van der Waals surface area contributed by atoms with Crippen molar-refractivity contribution < 1.29 is 4.42 Å². The first-order valence-electron chi connectivity index (χ1n) is 13.0. The van der Waals surface area contributed by atoms with Gasteiger partial charge in [-0.1, -0.05) is 48.5 Å². The van der Waals surface area contributed by atoms with E-state index in [2.05, 4.69) is 20.0 Å². The predicted octanol–water partition coefficient (Wildman–Crippen LogP) is 4.60. The van der Waals surface area contributed by atoms with Gasteiger partial charge < -0.3 is 25.0 Å². The van der Waals surface area contributed by atoms with E-state index in [0.717, 1.165) is 59.7 Å². The summed E-state index contributed by atoms with van der Waals surface area (Å²) in [6.45, 7) is 3.06. The molecule has 0 amide bonds. The number of furan rings is 1. The van der Waals surface area contributed by atoms with Gasteiger partial charge in [0.15, 0.2) is 0 Å². The second kappa shape index (κ2) is 12.6. The molecule has 5 aromatic rings. The number of imidazole rings is 2. The molecule has 0 saturated carbocycles. The van der Waals surface area contributed by atoms with Crippen LogP contribution in [0.15, 0.2) is 113 Å². The summed E-state index contributed by atoms with van der Waals surface area (Å²) < 4.78 is 10.2. The van der Waals surface area contributed by atoms with E-state index in [0.29, 0.717) is 24.8 Å². The fourth-order valence-electron chi connectivity index (χ4n) is 4.18. The second-order valence-electron chi connectivity index (χ2n) is 9.16. The molecule has 0 bridgehead atoms. The third kappa shape index (κ3) is 6.89. The summed E-state index contributed by atoms with van der Waals surface area (Å²) in [5, 5.41) is 0. The Morgan fingerprint density at radius 2 is 1.08 bits per heavy atom. The highest BCUT2D eigenvalue weighted by Crippen LogP contribution is 2.29. The van der Waals surface area contributed by atoms with E-state index in [4.69, 9.17) is 15.9 Å². The minimum atomic E-state index is 0.536. The first-order valence-corrected chi connectivity index (χ1v) is 13.0. The van der Waals surface area contributed by atoms with E-state index in [1.54, 1.807) is 25.0 Å². The van der Waals surface area contributed by atoms with Crippen LogP contribution in [0.5, 0.6) is 0 Å². The lowest BCUT2D eigenvalue weighted by molar-refractivity contribution is 0.597. The molecule has 5 rings (SSSR count). The number of aliphatic imine (C=N–C) groups is 2. The standard InChI is InChI=1S/C30H32N8O/c31-29(35-13-1-17-37-19-15-33-21-37)25-7-3-23(4-8-25)27-11-12-28(39-27)24-5-9-26(10-6-24)30(32)36-14-2-18-38-20-16-34-22-38/h3-12,15-16,19-22H,1-2,13-14,17-18H2,(H2,31,35)(H2,32,36). The van der Waals surface area contributed by atoms with Gasteiger partial charge in [0.2, 0.25) is 0 Å². The monoisotopic (exact) mass is 520 g/mol. The molecule has 0 aliphatic heterocycles. The first kappa shape index (κ1) is 25.7. The van der Waals surface area contributed by atoms with Gasteiger partial charge in [0.05, 0.1) is 12.7 Å². The average Bonchev–Trinajstić information content (AvgIpc) is 3.77. The highest BCUT2D eigenvalue weighted by atomic mass is 16.3. The minimum Gasteiger partial charge on any atom is -0.456 e. The molecule has 9 nitrogen and oxygen atoms in total. The highest BCUT2D eigenvalue weighted by molar-refractivity contribution is 5.98. The Morgan fingerprint density at radius 1 is 0.641 bits per heavy atom. The van der Waals surface area contributed by atoms with Crippen molar-refractivity contribution in [3.8, 4) is 22.6 Å². The van der Waals surface area contributed by atoms with Crippen molar-refractivity contribution in [3.63, 3.8) is 0 Å². The van der Waals surface area contributed by atoms with Gasteiger partial charge in [0.1, 0.15) is 23.2 Å². The summed E-state index contributed by atoms with van der Waals surface area (Å²) in [5.74, 6) is 2.65. The Kier molecular flexibility index (Phi) is 8.28. The molecule has 0 fully saturated rings. The van der Waals surface area contributed by atoms with E-state index in [9.17, 15) is 0 Å². The Bertz CT molecular complexity index is 1380. The Labute approximate surface area is 227 Å². The normalized spacial score (nSPS) is 12.2. The van der Waals surface area contributed by atoms with Crippen LogP contribution in [-0.2, 0) is 13.1 Å². The number of rotatable bonds is 12. The van der Waals surface area contributed by atoms with Crippen LogP contribution in [0.4, 0.5) is 0 Å². The summed E-state index contributed by atoms with van der Waals surface area (Å²) >= 11 is 0. The van der Waals surface area contributed by atoms with Crippen molar-refractivity contribution in [2.24, 2.45) is 21.5 Å². The molecule has 3 aromatic heterocycles. The zero-order valence-electron chi connectivity index (χ0n) is 21.7. The average molecular weight is 521 g/mol. The van der Waals surface area contributed by atoms with E-state index in [-0.39, 0.29) is 0 Å². The maximum Gasteiger partial charge on any atom is 0.134 e. The molecule has 0 aliphatic carbocycles. The Balaban J connectivity index is 1.15. The zero-order valence-corrected chi connectivity index (χ0v) is 21.7. The third-order valence-electron chi connectivity index (χ3n) is 6.37. The molecule has 0 aliphatic rings. The van der Waals surface area contributed by atoms with Gasteiger partial charge >= 0.3 is 0 Å². The van der Waals surface area contributed by atoms with Crippen LogP contribution in [0.3, 0.4) is 0 Å². The fraction of sp³-hybridized carbons (Fsp3) is 0.200. The summed E-state index contributed by atoms with van der Waals surface area (Å²) in [5.41, 5.74) is 16.1. The molecule has 2 aromatic carbocycles. The number of amidine groups is 2. The summed E-state index contributed by atoms with van der Waals surface area (Å²) in [7, 11) is 0. The minimum absolute atomic E-state index is 0.536. The van der Waals surface area contributed by atoms with Crippen molar-refractivity contribution in [3.05, 3.63) is 109 Å². The number of nitrogens with zero attached hydrogens (tertiary/aromatic N) is 6. The largest absolute Gasteiger partial charge is 0.456 e. The summed E-state index contributed by atoms with van der Waals surface area (Å²) in [6, 6.07) is 19.8. The quantitative estimate of drug-likeness (QED) is 0.141. The maximum atomic E-state index is 6.20. The second-order valence-corrected chi connectivity index (χ2v) is 9.16. The number of aromatic nitrogens is 4. The molecule has 0 saturated heterocycles. The molecule has 39 heavy (non-hydrogen) atoms. The van der Waals surface area contributed by atoms with Crippen LogP contribution in [0.2, 0.25) is 0 Å². The number of nitrogens with two attached hydrogens (primary N) is 2. The molecule has 3 heterocycles. The molecule has 198 valence electrons. The maximum absolute atomic E-state index is 6.20. The zero-order chi connectivity index (χ0) is 26.9. The van der Waals surface area contributed by atoms with Crippen LogP contribution in [0.25, 0.3) is 22.6 Å². The van der Waals surface area contributed by atoms with Crippen LogP contribution in [0, 0.1) is 0 Å². The van der Waals surface area contributed by atoms with Gasteiger partial charge in [-0.3, -0.25) is 9.98 Å². The van der Waals surface area contributed by atoms with Gasteiger partial charge in [-0.05, 0) is 25.0 Å². The van der Waals surface area contributed by atoms with E-state index in [1.807, 2.05) is 82.2 Å². The van der Waals surface area contributed by atoms with Gasteiger partial charge in [-0.2, -0.15) is 0 Å². The SMILES string of the molecule is NC(=NCCCn1ccnc1)c1ccc(-c2ccc(-c3ccc(C(N)=NCCCn4ccnc4)cc3)o2)cc1. The van der Waals surface area contributed by atoms with Crippen LogP contribution in [0.1, 0.15) is 24.0 Å². The Hall–Kier alpha value is -4.92. The number of benzene rings is 2. The molecule has 0 unspecified atom stereocenters. The van der Waals surface area contributed by atoms with Gasteiger partial charge in [-0.25, -0.2) is 9.97 Å². The van der Waals surface area contributed by atoms with Gasteiger partial charge in [0.25, 0.3) is 0 Å². The highest BCUT2D eigenvalue weighted by Gasteiger charge is 2.09. The molecule has 4 N–H and O–H groups in total. The van der Waals surface area contributed by atoms with E-state index < -0.39 is 0 Å². The van der Waals surface area contributed by atoms with Crippen LogP contribution < -0.4 is 11.5 Å². The van der Waals surface area contributed by atoms with Crippen molar-refractivity contribution in [1.29, 1.82) is 0 Å². The molecular weight excluding hydrogens is 488 g/mol. The lowest BCUT2D eigenvalue weighted by Crippen LogP contribution is -2.14. The molecule has 0 spiro atoms. The van der Waals surface area contributed by atoms with Crippen molar-refractivity contribution in [2.45, 2.75) is 25.9 Å². The predicted molar refractivity (Wildman–Crippen MR) is 154 cm³/mol. The first-order chi connectivity index (χ1) is 19.2. The summed E-state index contributed by atoms with van der Waals surface area (Å²) in [6.07, 6.45) is 12.9. The number of hydrogen-bond acceptors (Lipinski definition) is 5. The van der Waals surface area contributed by atoms with Gasteiger partial charge in [-0.15, -0.1) is 0 Å². The third-order valence-corrected chi connectivity index (χ3v) is 6.37. The topological polar surface area (TPSA) is 126 Å². The molecule has 0 atom stereocenters. The van der Waals surface area contributed by atoms with Crippen molar-refractivity contribution >= 4 is 11.7 Å². The smallest absolute Gasteiger partial charge is 0.134 e. The summed E-state index contributed by atoms with van der Waals surface area (Å²) in [4.78, 5) is 17.1. The van der Waals surface area contributed by atoms with Crippen LogP contribution >= 0.6 is 0 Å². The number of aryl methyl sites for hydroxylation is 2. The Morgan fingerprint density at radius 3 is 1.46 bits per heavy atom. The molecule has 0 radical (unpaired) electrons. The van der Waals surface area contributed by atoms with E-state index in [1.165, 1.54) is 0 Å². The molecule has 9 heteroatoms. The molecular formula is C30H32N8O.